The summed E-state index contributed by atoms with van der Waals surface area (Å²) >= 11 is 0. The molecule has 0 amide bonds. The molecule has 0 N–H and O–H groups in total. The number of benzene rings is 9. The SMILES string of the molecule is CC(C)(C)c1ccnc(-c2[c-]cccc2)n1.CC(C)c1cc(-c2ccc3c4ccccc4n(C(C)C)c3c2)cc(C(C)C)c1-n1c(-c2[c-]ccc3c2oc2cc4c(ccc5ccccc54)cc23)nc2ccccc21.[Ir]. The third-order valence-corrected chi connectivity index (χ3v) is 14.7. The molecule has 13 aromatic rings. The molecule has 0 aliphatic carbocycles. The van der Waals surface area contributed by atoms with Crippen molar-refractivity contribution in [3.05, 3.63) is 205 Å². The molecule has 75 heavy (non-hydrogen) atoms. The van der Waals surface area contributed by atoms with Gasteiger partial charge in [-0.1, -0.05) is 138 Å². The van der Waals surface area contributed by atoms with Crippen molar-refractivity contribution >= 4 is 76.3 Å². The zero-order valence-corrected chi connectivity index (χ0v) is 46.3. The van der Waals surface area contributed by atoms with E-state index in [0.29, 0.717) is 6.04 Å². The first-order chi connectivity index (χ1) is 35.8. The monoisotopic (exact) mass is 1150 g/mol. The van der Waals surface area contributed by atoms with Crippen LogP contribution in [0.25, 0.3) is 116 Å². The Morgan fingerprint density at radius 1 is 0.533 bits per heavy atom. The fourth-order valence-corrected chi connectivity index (χ4v) is 11.0. The van der Waals surface area contributed by atoms with Crippen LogP contribution in [0.5, 0.6) is 0 Å². The van der Waals surface area contributed by atoms with Crippen molar-refractivity contribution in [3.63, 3.8) is 0 Å². The molecular formula is C68H59IrN5O-2. The standard InChI is InChI=1S/C54H44N3O.C14H15N2.Ir/c1-31(2)43-27-37(35-24-25-40-39-16-9-11-20-48(39)56(33(5)6)50(40)29-35)28-44(32(3)4)52(43)57-49-21-12-10-19-47(49)55-54(57)42-18-13-17-41-46-26-36-23-22-34-14-7-8-15-38(34)45(36)30-51(46)58-53(41)42;1-14(2,3)12-9-10-15-13(16-12)11-7-5-4-6-8-11;/h7-17,19-33H,1-6H3;4-7,9-10H,1-3H3;/q2*-1;. The first-order valence-electron chi connectivity index (χ1n) is 26.0. The summed E-state index contributed by atoms with van der Waals surface area (Å²) in [7, 11) is 0. The molecule has 7 heteroatoms. The van der Waals surface area contributed by atoms with Gasteiger partial charge < -0.3 is 13.6 Å². The van der Waals surface area contributed by atoms with Gasteiger partial charge in [-0.25, -0.2) is 0 Å². The molecule has 0 saturated carbocycles. The van der Waals surface area contributed by atoms with Crippen molar-refractivity contribution < 1.29 is 24.5 Å². The Labute approximate surface area is 452 Å². The largest absolute Gasteiger partial charge is 0.501 e. The molecule has 9 aromatic carbocycles. The van der Waals surface area contributed by atoms with Gasteiger partial charge in [-0.2, -0.15) is 0 Å². The van der Waals surface area contributed by atoms with Crippen LogP contribution >= 0.6 is 0 Å². The van der Waals surface area contributed by atoms with Crippen LogP contribution in [0.1, 0.15) is 97.0 Å². The van der Waals surface area contributed by atoms with E-state index in [0.717, 1.165) is 61.4 Å². The molecule has 4 aromatic heterocycles. The van der Waals surface area contributed by atoms with Crippen LogP contribution in [-0.4, -0.2) is 24.1 Å². The minimum atomic E-state index is 0. The van der Waals surface area contributed by atoms with E-state index in [1.807, 2.05) is 42.6 Å². The molecule has 4 heterocycles. The van der Waals surface area contributed by atoms with E-state index in [-0.39, 0.29) is 37.4 Å². The van der Waals surface area contributed by atoms with E-state index in [2.05, 4.69) is 227 Å². The second-order valence-corrected chi connectivity index (χ2v) is 21.6. The first kappa shape index (κ1) is 49.5. The van der Waals surface area contributed by atoms with Gasteiger partial charge >= 0.3 is 0 Å². The van der Waals surface area contributed by atoms with E-state index in [4.69, 9.17) is 9.40 Å². The van der Waals surface area contributed by atoms with Crippen LogP contribution in [0.3, 0.4) is 0 Å². The second-order valence-electron chi connectivity index (χ2n) is 21.6. The molecule has 373 valence electrons. The third-order valence-electron chi connectivity index (χ3n) is 14.7. The molecule has 0 bridgehead atoms. The van der Waals surface area contributed by atoms with Gasteiger partial charge in [0.1, 0.15) is 5.58 Å². The number of rotatable bonds is 7. The summed E-state index contributed by atoms with van der Waals surface area (Å²) < 4.78 is 11.8. The zero-order valence-electron chi connectivity index (χ0n) is 44.0. The fraction of sp³-hybridized carbons (Fsp3) is 0.191. The average Bonchev–Trinajstić information content (AvgIpc) is 4.09. The number of imidazole rings is 1. The van der Waals surface area contributed by atoms with E-state index >= 15 is 0 Å². The molecule has 6 nitrogen and oxygen atoms in total. The van der Waals surface area contributed by atoms with Gasteiger partial charge in [-0.05, 0) is 124 Å². The molecule has 0 aliphatic rings. The first-order valence-corrected chi connectivity index (χ1v) is 26.0. The summed E-state index contributed by atoms with van der Waals surface area (Å²) in [6, 6.07) is 67.7. The van der Waals surface area contributed by atoms with Gasteiger partial charge in [0, 0.05) is 76.3 Å². The predicted octanol–water partition coefficient (Wildman–Crippen LogP) is 18.5. The molecule has 0 atom stereocenters. The van der Waals surface area contributed by atoms with Crippen molar-refractivity contribution in [2.45, 2.75) is 85.6 Å². The Kier molecular flexibility index (Phi) is 12.9. The van der Waals surface area contributed by atoms with Gasteiger partial charge in [0.25, 0.3) is 0 Å². The summed E-state index contributed by atoms with van der Waals surface area (Å²) in [6.45, 7) is 20.2. The number of hydrogen-bond acceptors (Lipinski definition) is 4. The minimum Gasteiger partial charge on any atom is -0.501 e. The number of nitrogens with zero attached hydrogens (tertiary/aromatic N) is 5. The van der Waals surface area contributed by atoms with Crippen molar-refractivity contribution in [2.24, 2.45) is 0 Å². The number of para-hydroxylation sites is 3. The molecule has 13 rings (SSSR count). The van der Waals surface area contributed by atoms with Gasteiger partial charge in [0.15, 0.2) is 0 Å². The van der Waals surface area contributed by atoms with E-state index in [1.54, 1.807) is 0 Å². The van der Waals surface area contributed by atoms with E-state index < -0.39 is 0 Å². The predicted molar refractivity (Wildman–Crippen MR) is 310 cm³/mol. The maximum Gasteiger partial charge on any atom is 0.121 e. The molecule has 1 radical (unpaired) electrons. The Morgan fingerprint density at radius 2 is 1.23 bits per heavy atom. The molecular weight excluding hydrogens is 1090 g/mol. The Hall–Kier alpha value is -7.70. The van der Waals surface area contributed by atoms with Crippen LogP contribution in [-0.2, 0) is 25.5 Å². The number of fused-ring (bicyclic) bond motifs is 10. The van der Waals surface area contributed by atoms with Gasteiger partial charge in [0.2, 0.25) is 0 Å². The van der Waals surface area contributed by atoms with E-state index in [1.165, 1.54) is 71.3 Å². The molecule has 0 saturated heterocycles. The average molecular weight is 1150 g/mol. The van der Waals surface area contributed by atoms with Gasteiger partial charge in [-0.15, -0.1) is 54.1 Å². The minimum absolute atomic E-state index is 0. The molecule has 0 fully saturated rings. The maximum absolute atomic E-state index is 6.91. The van der Waals surface area contributed by atoms with Crippen molar-refractivity contribution in [1.29, 1.82) is 0 Å². The van der Waals surface area contributed by atoms with Crippen LogP contribution in [0.4, 0.5) is 0 Å². The second kappa shape index (κ2) is 19.5. The Balaban J connectivity index is 0.000000304. The molecule has 0 aliphatic heterocycles. The quantitative estimate of drug-likeness (QED) is 0.118. The molecule has 0 unspecified atom stereocenters. The molecule has 0 spiro atoms. The van der Waals surface area contributed by atoms with E-state index in [9.17, 15) is 0 Å². The van der Waals surface area contributed by atoms with Crippen LogP contribution < -0.4 is 0 Å². The van der Waals surface area contributed by atoms with Crippen molar-refractivity contribution in [3.8, 4) is 39.6 Å². The third kappa shape index (κ3) is 8.72. The van der Waals surface area contributed by atoms with Crippen molar-refractivity contribution in [2.75, 3.05) is 0 Å². The Bertz CT molecular complexity index is 4250. The fourth-order valence-electron chi connectivity index (χ4n) is 11.0. The summed E-state index contributed by atoms with van der Waals surface area (Å²) in [5.41, 5.74) is 15.3. The Morgan fingerprint density at radius 3 is 1.96 bits per heavy atom. The van der Waals surface area contributed by atoms with Gasteiger partial charge in [0.05, 0.1) is 28.3 Å². The summed E-state index contributed by atoms with van der Waals surface area (Å²) in [5, 5.41) is 9.60. The van der Waals surface area contributed by atoms with Crippen LogP contribution in [0, 0.1) is 12.1 Å². The number of hydrogen-bond donors (Lipinski definition) is 0. The van der Waals surface area contributed by atoms with Crippen LogP contribution in [0.15, 0.2) is 180 Å². The zero-order chi connectivity index (χ0) is 51.0. The van der Waals surface area contributed by atoms with Crippen LogP contribution in [0.2, 0.25) is 0 Å². The number of furan rings is 1. The maximum atomic E-state index is 6.91. The summed E-state index contributed by atoms with van der Waals surface area (Å²) in [6.07, 6.45) is 1.81. The topological polar surface area (TPSA) is 61.7 Å². The normalized spacial score (nSPS) is 12.1. The smallest absolute Gasteiger partial charge is 0.121 e. The summed E-state index contributed by atoms with van der Waals surface area (Å²) in [5.74, 6) is 2.05. The van der Waals surface area contributed by atoms with Gasteiger partial charge in [-0.3, -0.25) is 15.0 Å². The van der Waals surface area contributed by atoms with Crippen molar-refractivity contribution in [1.82, 2.24) is 24.1 Å². The summed E-state index contributed by atoms with van der Waals surface area (Å²) in [4.78, 5) is 14.3. The number of aromatic nitrogens is 5.